The Morgan fingerprint density at radius 1 is 0.833 bits per heavy atom. The third kappa shape index (κ3) is 7.74. The first kappa shape index (κ1) is 18.9. The molecule has 130 valence electrons. The number of hydrogen-bond acceptors (Lipinski definition) is 6. The molecule has 2 amide bonds. The number of carbonyl (C=O) groups is 2. The van der Waals surface area contributed by atoms with E-state index >= 15 is 0 Å². The van der Waals surface area contributed by atoms with Gasteiger partial charge in [-0.25, -0.2) is 9.59 Å². The van der Waals surface area contributed by atoms with Crippen molar-refractivity contribution < 1.29 is 28.5 Å². The highest BCUT2D eigenvalue weighted by Crippen LogP contribution is 2.21. The summed E-state index contributed by atoms with van der Waals surface area (Å²) < 4.78 is 19.5. The van der Waals surface area contributed by atoms with Crippen LogP contribution in [0.3, 0.4) is 0 Å². The Morgan fingerprint density at radius 3 is 1.62 bits per heavy atom. The fraction of sp³-hybridized carbons (Fsp3) is 0.250. The molecule has 0 spiro atoms. The van der Waals surface area contributed by atoms with Crippen LogP contribution in [-0.2, 0) is 18.9 Å². The number of rotatable bonds is 10. The summed E-state index contributed by atoms with van der Waals surface area (Å²) in [6.45, 7) is 7.29. The summed E-state index contributed by atoms with van der Waals surface area (Å²) in [6, 6.07) is 6.62. The largest absolute Gasteiger partial charge is 0.498 e. The summed E-state index contributed by atoms with van der Waals surface area (Å²) in [6.07, 6.45) is 1.16. The van der Waals surface area contributed by atoms with E-state index in [1.807, 2.05) is 0 Å². The maximum absolute atomic E-state index is 11.7. The van der Waals surface area contributed by atoms with Gasteiger partial charge in [0.05, 0.1) is 23.9 Å². The minimum absolute atomic E-state index is 0.0682. The van der Waals surface area contributed by atoms with Gasteiger partial charge in [0.2, 0.25) is 0 Å². The van der Waals surface area contributed by atoms with E-state index in [0.29, 0.717) is 11.4 Å². The van der Waals surface area contributed by atoms with E-state index < -0.39 is 12.2 Å². The highest BCUT2D eigenvalue weighted by Gasteiger charge is 2.10. The molecule has 0 heterocycles. The molecule has 8 nitrogen and oxygen atoms in total. The smallest absolute Gasteiger partial charge is 0.411 e. The Bertz CT molecular complexity index is 512. The average molecular weight is 336 g/mol. The molecule has 2 N–H and O–H groups in total. The van der Waals surface area contributed by atoms with Gasteiger partial charge in [-0.1, -0.05) is 25.3 Å². The van der Waals surface area contributed by atoms with Crippen LogP contribution in [0.4, 0.5) is 21.0 Å². The van der Waals surface area contributed by atoms with Crippen molar-refractivity contribution >= 4 is 23.6 Å². The molecule has 0 fully saturated rings. The normalized spacial score (nSPS) is 9.33. The third-order valence-corrected chi connectivity index (χ3v) is 2.50. The number of nitrogens with one attached hydrogen (secondary N) is 2. The lowest BCUT2D eigenvalue weighted by Crippen LogP contribution is -2.20. The van der Waals surface area contributed by atoms with Crippen molar-refractivity contribution in [1.82, 2.24) is 0 Å². The summed E-state index contributed by atoms with van der Waals surface area (Å²) in [5, 5.41) is 5.04. The van der Waals surface area contributed by atoms with Crippen molar-refractivity contribution in [3.05, 3.63) is 49.9 Å². The minimum Gasteiger partial charge on any atom is -0.498 e. The number of carbonyl (C=O) groups excluding carboxylic acids is 2. The van der Waals surface area contributed by atoms with Crippen molar-refractivity contribution in [3.8, 4) is 0 Å². The Hall–Kier alpha value is -3.16. The standard InChI is InChI=1S/C16H20N2O6/c1-3-21-9-11-23-15(19)17-13-7-5-6-8-14(13)18-16(20)24-12-10-22-4-2/h3-8H,1-2,9-12H2,(H,17,19)(H,18,20). The third-order valence-electron chi connectivity index (χ3n) is 2.50. The zero-order valence-corrected chi connectivity index (χ0v) is 13.2. The van der Waals surface area contributed by atoms with Crippen LogP contribution in [0.2, 0.25) is 0 Å². The van der Waals surface area contributed by atoms with Gasteiger partial charge >= 0.3 is 12.2 Å². The molecule has 0 radical (unpaired) electrons. The van der Waals surface area contributed by atoms with Crippen molar-refractivity contribution in [2.75, 3.05) is 37.1 Å². The SMILES string of the molecule is C=COCCOC(=O)Nc1ccccc1NC(=O)OCCOC=C. The maximum atomic E-state index is 11.7. The van der Waals surface area contributed by atoms with Crippen LogP contribution in [0.1, 0.15) is 0 Å². The lowest BCUT2D eigenvalue weighted by Gasteiger charge is -2.12. The van der Waals surface area contributed by atoms with E-state index in [1.54, 1.807) is 24.3 Å². The molecule has 0 atom stereocenters. The first-order valence-electron chi connectivity index (χ1n) is 7.09. The number of benzene rings is 1. The predicted octanol–water partition coefficient (Wildman–Crippen LogP) is 3.10. The summed E-state index contributed by atoms with van der Waals surface area (Å²) in [4.78, 5) is 23.3. The van der Waals surface area contributed by atoms with Gasteiger partial charge in [-0.3, -0.25) is 10.6 Å². The van der Waals surface area contributed by atoms with Gasteiger partial charge in [-0.05, 0) is 12.1 Å². The Balaban J connectivity index is 2.48. The molecule has 8 heteroatoms. The predicted molar refractivity (Wildman–Crippen MR) is 88.7 cm³/mol. The Kier molecular flexibility index (Phi) is 8.98. The maximum Gasteiger partial charge on any atom is 0.411 e. The molecular formula is C16H20N2O6. The van der Waals surface area contributed by atoms with E-state index in [0.717, 1.165) is 0 Å². The molecule has 0 aliphatic rings. The van der Waals surface area contributed by atoms with E-state index in [1.165, 1.54) is 12.5 Å². The molecule has 0 saturated heterocycles. The van der Waals surface area contributed by atoms with Gasteiger partial charge in [0.15, 0.2) is 0 Å². The summed E-state index contributed by atoms with van der Waals surface area (Å²) >= 11 is 0. The Morgan fingerprint density at radius 2 is 1.25 bits per heavy atom. The fourth-order valence-electron chi connectivity index (χ4n) is 1.52. The van der Waals surface area contributed by atoms with Gasteiger partial charge in [-0.15, -0.1) is 0 Å². The molecule has 1 aromatic carbocycles. The molecule has 0 aliphatic carbocycles. The summed E-state index contributed by atoms with van der Waals surface area (Å²) in [5.74, 6) is 0. The number of hydrogen-bond donors (Lipinski definition) is 2. The van der Waals surface area contributed by atoms with Crippen LogP contribution in [0.15, 0.2) is 49.9 Å². The summed E-state index contributed by atoms with van der Waals surface area (Å²) in [5.41, 5.74) is 0.734. The molecule has 0 aromatic heterocycles. The second-order valence-corrected chi connectivity index (χ2v) is 4.14. The first-order chi connectivity index (χ1) is 11.7. The molecule has 24 heavy (non-hydrogen) atoms. The van der Waals surface area contributed by atoms with Crippen molar-refractivity contribution in [2.24, 2.45) is 0 Å². The van der Waals surface area contributed by atoms with Crippen molar-refractivity contribution in [3.63, 3.8) is 0 Å². The van der Waals surface area contributed by atoms with E-state index in [9.17, 15) is 9.59 Å². The molecule has 0 bridgehead atoms. The van der Waals surface area contributed by atoms with Gasteiger partial charge in [0, 0.05) is 0 Å². The molecule has 0 saturated carbocycles. The first-order valence-corrected chi connectivity index (χ1v) is 7.09. The molecular weight excluding hydrogens is 316 g/mol. The van der Waals surface area contributed by atoms with Gasteiger partial charge in [0.1, 0.15) is 26.4 Å². The second-order valence-electron chi connectivity index (χ2n) is 4.14. The van der Waals surface area contributed by atoms with Crippen LogP contribution < -0.4 is 10.6 Å². The molecule has 0 aliphatic heterocycles. The zero-order valence-electron chi connectivity index (χ0n) is 13.2. The van der Waals surface area contributed by atoms with Gasteiger partial charge in [0.25, 0.3) is 0 Å². The number of para-hydroxylation sites is 2. The van der Waals surface area contributed by atoms with Crippen LogP contribution >= 0.6 is 0 Å². The lowest BCUT2D eigenvalue weighted by molar-refractivity contribution is 0.123. The quantitative estimate of drug-likeness (QED) is 0.503. The molecule has 1 aromatic rings. The van der Waals surface area contributed by atoms with Crippen LogP contribution in [-0.4, -0.2) is 38.6 Å². The molecule has 1 rings (SSSR count). The number of amides is 2. The van der Waals surface area contributed by atoms with Crippen molar-refractivity contribution in [1.29, 1.82) is 0 Å². The Labute approximate surface area is 140 Å². The average Bonchev–Trinajstić information content (AvgIpc) is 2.57. The van der Waals surface area contributed by atoms with Crippen LogP contribution in [0.25, 0.3) is 0 Å². The van der Waals surface area contributed by atoms with E-state index in [-0.39, 0.29) is 26.4 Å². The zero-order chi connectivity index (χ0) is 17.6. The highest BCUT2D eigenvalue weighted by atomic mass is 16.6. The fourth-order valence-corrected chi connectivity index (χ4v) is 1.52. The number of ether oxygens (including phenoxy) is 4. The topological polar surface area (TPSA) is 95.1 Å². The summed E-state index contributed by atoms with van der Waals surface area (Å²) in [7, 11) is 0. The van der Waals surface area contributed by atoms with E-state index in [4.69, 9.17) is 18.9 Å². The highest BCUT2D eigenvalue weighted by molar-refractivity contribution is 5.95. The van der Waals surface area contributed by atoms with E-state index in [2.05, 4.69) is 23.8 Å². The van der Waals surface area contributed by atoms with Gasteiger partial charge < -0.3 is 18.9 Å². The monoisotopic (exact) mass is 336 g/mol. The van der Waals surface area contributed by atoms with Gasteiger partial charge in [-0.2, -0.15) is 0 Å². The van der Waals surface area contributed by atoms with Crippen molar-refractivity contribution in [2.45, 2.75) is 0 Å². The van der Waals surface area contributed by atoms with Crippen LogP contribution in [0.5, 0.6) is 0 Å². The molecule has 0 unspecified atom stereocenters. The van der Waals surface area contributed by atoms with Crippen LogP contribution in [0, 0.1) is 0 Å². The lowest BCUT2D eigenvalue weighted by atomic mass is 10.2. The number of anilines is 2. The minimum atomic E-state index is -0.676. The second kappa shape index (κ2) is 11.4.